The van der Waals surface area contributed by atoms with Crippen molar-refractivity contribution in [3.05, 3.63) is 39.4 Å². The van der Waals surface area contributed by atoms with Gasteiger partial charge in [0.1, 0.15) is 11.7 Å². The van der Waals surface area contributed by atoms with Crippen LogP contribution >= 0.6 is 0 Å². The van der Waals surface area contributed by atoms with Crippen molar-refractivity contribution in [1.82, 2.24) is 0 Å². The van der Waals surface area contributed by atoms with E-state index in [4.69, 9.17) is 4.84 Å². The van der Waals surface area contributed by atoms with Gasteiger partial charge in [-0.1, -0.05) is 5.16 Å². The molecule has 0 N–H and O–H groups in total. The van der Waals surface area contributed by atoms with Gasteiger partial charge in [0.25, 0.3) is 5.69 Å². The van der Waals surface area contributed by atoms with Crippen LogP contribution in [0.5, 0.6) is 0 Å². The first kappa shape index (κ1) is 13.8. The van der Waals surface area contributed by atoms with Crippen molar-refractivity contribution < 1.29 is 22.9 Å². The Bertz CT molecular complexity index is 628. The third kappa shape index (κ3) is 2.34. The zero-order valence-electron chi connectivity index (χ0n) is 10.8. The molecule has 0 spiro atoms. The second kappa shape index (κ2) is 4.71. The predicted octanol–water partition coefficient (Wildman–Crippen LogP) is 3.52. The van der Waals surface area contributed by atoms with Gasteiger partial charge < -0.3 is 4.84 Å². The Morgan fingerprint density at radius 2 is 2.10 bits per heavy atom. The molecule has 0 amide bonds. The lowest BCUT2D eigenvalue weighted by molar-refractivity contribution is -0.388. The maximum Gasteiger partial charge on any atom is 0.423 e. The number of rotatable bonds is 2. The Labute approximate surface area is 117 Å². The number of nitro benzene ring substituents is 1. The molecule has 3 rings (SSSR count). The molecule has 5 nitrogen and oxygen atoms in total. The average molecular weight is 300 g/mol. The summed E-state index contributed by atoms with van der Waals surface area (Å²) in [7, 11) is 0. The van der Waals surface area contributed by atoms with E-state index in [0.717, 1.165) is 31.4 Å². The fraction of sp³-hybridized carbons (Fsp3) is 0.462. The molecule has 1 heterocycles. The smallest absolute Gasteiger partial charge is 0.392 e. The Morgan fingerprint density at radius 1 is 1.33 bits per heavy atom. The number of fused-ring (bicyclic) bond motifs is 1. The molecule has 8 heteroatoms. The quantitative estimate of drug-likeness (QED) is 0.620. The van der Waals surface area contributed by atoms with Gasteiger partial charge in [-0.25, -0.2) is 0 Å². The van der Waals surface area contributed by atoms with E-state index in [9.17, 15) is 23.3 Å². The molecule has 1 fully saturated rings. The zero-order chi connectivity index (χ0) is 15.2. The molecule has 1 saturated carbocycles. The van der Waals surface area contributed by atoms with Crippen molar-refractivity contribution in [2.24, 2.45) is 11.1 Å². The maximum atomic E-state index is 13.0. The topological polar surface area (TPSA) is 64.7 Å². The van der Waals surface area contributed by atoms with E-state index < -0.39 is 22.4 Å². The van der Waals surface area contributed by atoms with Crippen LogP contribution in [0.4, 0.5) is 18.9 Å². The average Bonchev–Trinajstić information content (AvgIpc) is 2.99. The Kier molecular flexibility index (Phi) is 3.11. The molecule has 1 aliphatic carbocycles. The summed E-state index contributed by atoms with van der Waals surface area (Å²) in [5.74, 6) is -0.0208. The highest BCUT2D eigenvalue weighted by Gasteiger charge is 2.42. The molecule has 0 radical (unpaired) electrons. The first-order valence-corrected chi connectivity index (χ1v) is 6.47. The van der Waals surface area contributed by atoms with Gasteiger partial charge >= 0.3 is 6.18 Å². The van der Waals surface area contributed by atoms with Crippen LogP contribution in [0.3, 0.4) is 0 Å². The minimum atomic E-state index is -4.78. The Morgan fingerprint density at radius 3 is 2.76 bits per heavy atom. The Hall–Kier alpha value is -2.12. The number of nitrogens with zero attached hydrogens (tertiary/aromatic N) is 2. The van der Waals surface area contributed by atoms with Crippen molar-refractivity contribution in [1.29, 1.82) is 0 Å². The number of hydrogen-bond acceptors (Lipinski definition) is 4. The summed E-state index contributed by atoms with van der Waals surface area (Å²) >= 11 is 0. The van der Waals surface area contributed by atoms with Gasteiger partial charge in [-0.05, 0) is 31.4 Å². The van der Waals surface area contributed by atoms with Gasteiger partial charge in [0.2, 0.25) is 0 Å². The van der Waals surface area contributed by atoms with E-state index in [1.807, 2.05) is 0 Å². The highest BCUT2D eigenvalue weighted by Crippen LogP contribution is 2.40. The maximum absolute atomic E-state index is 13.0. The molecular weight excluding hydrogens is 289 g/mol. The molecular formula is C13H11F3N2O3. The lowest BCUT2D eigenvalue weighted by atomic mass is 9.93. The molecule has 1 aromatic rings. The number of halogens is 3. The van der Waals surface area contributed by atoms with E-state index in [-0.39, 0.29) is 17.6 Å². The van der Waals surface area contributed by atoms with E-state index in [2.05, 4.69) is 5.16 Å². The van der Waals surface area contributed by atoms with Gasteiger partial charge in [0.05, 0.1) is 10.6 Å². The third-order valence-corrected chi connectivity index (χ3v) is 3.88. The predicted molar refractivity (Wildman–Crippen MR) is 66.8 cm³/mol. The fourth-order valence-corrected chi connectivity index (χ4v) is 2.91. The number of oxime groups is 1. The standard InChI is InChI=1S/C13H11F3N2O3/c14-13(15,16)9-6-7(4-5-10(9)18(19)20)12-8-2-1-3-11(8)21-17-12/h4-6,8,11H,1-3H2. The van der Waals surface area contributed by atoms with Crippen LogP contribution in [-0.2, 0) is 11.0 Å². The normalized spacial score (nSPS) is 24.4. The molecule has 1 aliphatic heterocycles. The zero-order valence-corrected chi connectivity index (χ0v) is 10.8. The van der Waals surface area contributed by atoms with Gasteiger partial charge in [-0.15, -0.1) is 0 Å². The molecule has 2 unspecified atom stereocenters. The molecule has 1 aromatic carbocycles. The number of nitro groups is 1. The van der Waals surface area contributed by atoms with Crippen molar-refractivity contribution in [2.75, 3.05) is 0 Å². The summed E-state index contributed by atoms with van der Waals surface area (Å²) in [6.45, 7) is 0. The summed E-state index contributed by atoms with van der Waals surface area (Å²) in [6.07, 6.45) is -2.29. The van der Waals surface area contributed by atoms with E-state index in [1.54, 1.807) is 0 Å². The fourth-order valence-electron chi connectivity index (χ4n) is 2.91. The van der Waals surface area contributed by atoms with Gasteiger partial charge in [0.15, 0.2) is 0 Å². The molecule has 0 bridgehead atoms. The van der Waals surface area contributed by atoms with Crippen LogP contribution in [0.15, 0.2) is 23.4 Å². The summed E-state index contributed by atoms with van der Waals surface area (Å²) in [4.78, 5) is 14.9. The van der Waals surface area contributed by atoms with Crippen molar-refractivity contribution >= 4 is 11.4 Å². The van der Waals surface area contributed by atoms with Crippen molar-refractivity contribution in [3.8, 4) is 0 Å². The Balaban J connectivity index is 2.03. The molecule has 21 heavy (non-hydrogen) atoms. The lowest BCUT2D eigenvalue weighted by Gasteiger charge is -2.12. The molecule has 2 atom stereocenters. The largest absolute Gasteiger partial charge is 0.423 e. The second-order valence-electron chi connectivity index (χ2n) is 5.14. The van der Waals surface area contributed by atoms with E-state index in [1.165, 1.54) is 6.07 Å². The van der Waals surface area contributed by atoms with E-state index >= 15 is 0 Å². The van der Waals surface area contributed by atoms with E-state index in [0.29, 0.717) is 5.71 Å². The van der Waals surface area contributed by atoms with Crippen molar-refractivity contribution in [2.45, 2.75) is 31.5 Å². The van der Waals surface area contributed by atoms with Crippen LogP contribution < -0.4 is 0 Å². The highest BCUT2D eigenvalue weighted by molar-refractivity contribution is 6.03. The van der Waals surface area contributed by atoms with Gasteiger partial charge in [-0.2, -0.15) is 13.2 Å². The van der Waals surface area contributed by atoms with Crippen LogP contribution in [0.25, 0.3) is 0 Å². The monoisotopic (exact) mass is 300 g/mol. The molecule has 2 aliphatic rings. The van der Waals surface area contributed by atoms with Crippen molar-refractivity contribution in [3.63, 3.8) is 0 Å². The van der Waals surface area contributed by atoms with Crippen LogP contribution in [0, 0.1) is 16.0 Å². The summed E-state index contributed by atoms with van der Waals surface area (Å²) in [6, 6.07) is 2.97. The first-order valence-electron chi connectivity index (χ1n) is 6.47. The second-order valence-corrected chi connectivity index (χ2v) is 5.14. The summed E-state index contributed by atoms with van der Waals surface area (Å²) in [5, 5.41) is 14.6. The van der Waals surface area contributed by atoms with Crippen LogP contribution in [0.1, 0.15) is 30.4 Å². The summed E-state index contributed by atoms with van der Waals surface area (Å²) < 4.78 is 38.9. The number of benzene rings is 1. The SMILES string of the molecule is O=[N+]([O-])c1ccc(C2=NOC3CCCC23)cc1C(F)(F)F. The lowest BCUT2D eigenvalue weighted by Crippen LogP contribution is -2.18. The molecule has 0 aromatic heterocycles. The van der Waals surface area contributed by atoms with Crippen LogP contribution in [0.2, 0.25) is 0 Å². The third-order valence-electron chi connectivity index (χ3n) is 3.88. The highest BCUT2D eigenvalue weighted by atomic mass is 19.4. The number of hydrogen-bond donors (Lipinski definition) is 0. The van der Waals surface area contributed by atoms with Gasteiger partial charge in [0, 0.05) is 17.5 Å². The van der Waals surface area contributed by atoms with Crippen LogP contribution in [-0.4, -0.2) is 16.7 Å². The summed E-state index contributed by atoms with van der Waals surface area (Å²) in [5.41, 5.74) is -1.51. The minimum absolute atomic E-state index is 0.0208. The van der Waals surface area contributed by atoms with Gasteiger partial charge in [-0.3, -0.25) is 10.1 Å². The molecule has 112 valence electrons. The molecule has 0 saturated heterocycles. The minimum Gasteiger partial charge on any atom is -0.392 e. The number of alkyl halides is 3. The first-order chi connectivity index (χ1) is 9.88.